The molecule has 6 heterocycles. The maximum Gasteiger partial charge on any atom is 0.260 e. The lowest BCUT2D eigenvalue weighted by atomic mass is 9.30. The van der Waals surface area contributed by atoms with Crippen LogP contribution >= 0.6 is 59.2 Å². The molecule has 0 saturated carbocycles. The van der Waals surface area contributed by atoms with E-state index in [4.69, 9.17) is 18.9 Å². The molecule has 73 heavy (non-hydrogen) atoms. The third-order valence-corrected chi connectivity index (χ3v) is 19.0. The van der Waals surface area contributed by atoms with Gasteiger partial charge in [0.05, 0.1) is 22.7 Å². The van der Waals surface area contributed by atoms with Crippen molar-refractivity contribution in [1.82, 2.24) is 0 Å². The molecule has 6 nitrogen and oxygen atoms in total. The second kappa shape index (κ2) is 16.9. The molecule has 350 valence electrons. The van der Waals surface area contributed by atoms with E-state index in [1.807, 2.05) is 0 Å². The summed E-state index contributed by atoms with van der Waals surface area (Å²) in [5, 5.41) is 0. The number of ether oxygens (including phenoxy) is 4. The molecule has 0 saturated heterocycles. The highest BCUT2D eigenvalue weighted by Gasteiger charge is 2.49. The van der Waals surface area contributed by atoms with E-state index in [1.54, 1.807) is 59.2 Å². The Morgan fingerprint density at radius 3 is 1.05 bits per heavy atom. The number of fused-ring (bicyclic) bond motifs is 12. The fourth-order valence-corrected chi connectivity index (χ4v) is 15.0. The quantitative estimate of drug-likeness (QED) is 0.0871. The van der Waals surface area contributed by atoms with Gasteiger partial charge in [0, 0.05) is 50.3 Å². The molecular weight excluding hydrogens is 993 g/mol. The Kier molecular flexibility index (Phi) is 10.2. The fourth-order valence-electron chi connectivity index (χ4n) is 12.2. The van der Waals surface area contributed by atoms with Gasteiger partial charge >= 0.3 is 0 Å². The summed E-state index contributed by atoms with van der Waals surface area (Å²) in [6.07, 6.45) is 10.8. The van der Waals surface area contributed by atoms with Gasteiger partial charge in [-0.25, -0.2) is 0 Å². The minimum Gasteiger partial charge on any atom is -0.458 e. The van der Waals surface area contributed by atoms with E-state index in [0.29, 0.717) is 0 Å². The Balaban J connectivity index is 0.965. The van der Waals surface area contributed by atoms with Gasteiger partial charge in [-0.1, -0.05) is 97.1 Å². The highest BCUT2D eigenvalue weighted by Crippen LogP contribution is 2.48. The Hall–Kier alpha value is -6.28. The topological polar surface area (TPSA) is 43.4 Å². The predicted octanol–water partition coefficient (Wildman–Crippen LogP) is 10.6. The van der Waals surface area contributed by atoms with Gasteiger partial charge in [0.1, 0.15) is 46.0 Å². The van der Waals surface area contributed by atoms with Crippen molar-refractivity contribution in [3.63, 3.8) is 0 Å². The van der Waals surface area contributed by atoms with Crippen molar-refractivity contribution in [3.8, 4) is 68.2 Å². The highest BCUT2D eigenvalue weighted by atomic mass is 32.2. The molecule has 0 fully saturated rings. The molecule has 9 aromatic rings. The van der Waals surface area contributed by atoms with Gasteiger partial charge in [-0.15, -0.1) is 35.3 Å². The smallest absolute Gasteiger partial charge is 0.260 e. The Morgan fingerprint density at radius 1 is 0.301 bits per heavy atom. The molecule has 0 N–H and O–H groups in total. The van der Waals surface area contributed by atoms with E-state index in [1.165, 1.54) is 32.7 Å². The van der Waals surface area contributed by atoms with Gasteiger partial charge < -0.3 is 18.9 Å². The second-order valence-electron chi connectivity index (χ2n) is 19.0. The third kappa shape index (κ3) is 6.56. The minimum atomic E-state index is -0.118. The van der Waals surface area contributed by atoms with E-state index in [-0.39, 0.29) is 20.1 Å². The molecule has 0 unspecified atom stereocenters. The normalized spacial score (nSPS) is 14.1. The number of benzene rings is 9. The molecule has 0 aliphatic carbocycles. The molecular formula is C59H41B3N2O4S5. The van der Waals surface area contributed by atoms with Crippen LogP contribution in [0.1, 0.15) is 0 Å². The molecule has 6 aliphatic rings. The lowest BCUT2D eigenvalue weighted by Gasteiger charge is -2.44. The summed E-state index contributed by atoms with van der Waals surface area (Å²) in [6.45, 7) is -0.351. The lowest BCUT2D eigenvalue weighted by Crippen LogP contribution is -2.65. The van der Waals surface area contributed by atoms with Gasteiger partial charge in [0.15, 0.2) is 0 Å². The standard InChI is InChI=1S/C59H41B3N2O4S5/c1-69-36-22-47-57-48(23-36)64(73-5)46-31-52-44(61-40-19-17-35(33-14-10-7-11-15-33)21-50(40)66-54-25-38(71-3)27-56(68-52)59(54)61)29-42(46)62(57)41-28-43-51(30-45(41)63(47)72-4)67-55-26-37(70-2)24-53-58(55)60(43)39-18-16-34(20-49(39)65-53)32-12-8-6-9-13-32/h6-31H,1-5H3. The van der Waals surface area contributed by atoms with Crippen LogP contribution < -0.4 is 76.7 Å². The molecule has 0 bridgehead atoms. The molecule has 0 amide bonds. The molecule has 6 aliphatic heterocycles. The highest BCUT2D eigenvalue weighted by molar-refractivity contribution is 8.01. The molecule has 9 aromatic carbocycles. The lowest BCUT2D eigenvalue weighted by molar-refractivity contribution is 0.462. The predicted molar refractivity (Wildman–Crippen MR) is 317 cm³/mol. The third-order valence-electron chi connectivity index (χ3n) is 15.4. The number of rotatable bonds is 7. The van der Waals surface area contributed by atoms with E-state index in [2.05, 4.69) is 198 Å². The maximum absolute atomic E-state index is 7.14. The van der Waals surface area contributed by atoms with Crippen LogP contribution in [0.15, 0.2) is 172 Å². The zero-order valence-electron chi connectivity index (χ0n) is 40.3. The number of nitrogens with zero attached hydrogens (tertiary/aromatic N) is 2. The summed E-state index contributed by atoms with van der Waals surface area (Å²) < 4.78 is 33.0. The maximum atomic E-state index is 7.14. The van der Waals surface area contributed by atoms with Crippen LogP contribution in [-0.4, -0.2) is 51.4 Å². The fraction of sp³-hybridized carbons (Fsp3) is 0.0847. The number of hydrogen-bond acceptors (Lipinski definition) is 11. The van der Waals surface area contributed by atoms with E-state index >= 15 is 0 Å². The first-order valence-electron chi connectivity index (χ1n) is 24.2. The first kappa shape index (κ1) is 44.2. The average molecular weight is 1030 g/mol. The zero-order chi connectivity index (χ0) is 48.8. The van der Waals surface area contributed by atoms with Crippen molar-refractivity contribution in [2.45, 2.75) is 14.7 Å². The van der Waals surface area contributed by atoms with Gasteiger partial charge in [0.25, 0.3) is 20.1 Å². The summed E-state index contributed by atoms with van der Waals surface area (Å²) in [4.78, 5) is 3.41. The Morgan fingerprint density at radius 2 is 0.671 bits per heavy atom. The number of hydrogen-bond donors (Lipinski definition) is 0. The van der Waals surface area contributed by atoms with Crippen molar-refractivity contribution < 1.29 is 18.9 Å². The summed E-state index contributed by atoms with van der Waals surface area (Å²) >= 11 is 8.67. The van der Waals surface area contributed by atoms with Gasteiger partial charge in [-0.2, -0.15) is 0 Å². The summed E-state index contributed by atoms with van der Waals surface area (Å²) in [7, 11) is 0. The van der Waals surface area contributed by atoms with E-state index < -0.39 is 0 Å². The van der Waals surface area contributed by atoms with Gasteiger partial charge in [-0.3, -0.25) is 8.61 Å². The number of thioether (sulfide) groups is 3. The van der Waals surface area contributed by atoms with E-state index in [9.17, 15) is 0 Å². The van der Waals surface area contributed by atoms with E-state index in [0.717, 1.165) is 122 Å². The average Bonchev–Trinajstić information content (AvgIpc) is 3.44. The molecule has 0 aromatic heterocycles. The first-order valence-corrected chi connectivity index (χ1v) is 30.3. The van der Waals surface area contributed by atoms with Crippen molar-refractivity contribution >= 4 is 151 Å². The van der Waals surface area contributed by atoms with Crippen LogP contribution in [0.2, 0.25) is 0 Å². The van der Waals surface area contributed by atoms with Crippen LogP contribution in [0.5, 0.6) is 46.0 Å². The zero-order valence-corrected chi connectivity index (χ0v) is 44.4. The largest absolute Gasteiger partial charge is 0.458 e. The van der Waals surface area contributed by atoms with Gasteiger partial charge in [-0.05, 0) is 152 Å². The van der Waals surface area contributed by atoms with Crippen molar-refractivity contribution in [3.05, 3.63) is 158 Å². The monoisotopic (exact) mass is 1030 g/mol. The molecule has 0 radical (unpaired) electrons. The van der Waals surface area contributed by atoms with Crippen LogP contribution in [0.25, 0.3) is 22.3 Å². The second-order valence-corrected chi connectivity index (χ2v) is 23.0. The first-order chi connectivity index (χ1) is 35.9. The van der Waals surface area contributed by atoms with Crippen LogP contribution in [-0.2, 0) is 0 Å². The van der Waals surface area contributed by atoms with Crippen LogP contribution in [0, 0.1) is 0 Å². The summed E-state index contributed by atoms with van der Waals surface area (Å²) in [5.41, 5.74) is 19.7. The number of anilines is 4. The van der Waals surface area contributed by atoms with Crippen molar-refractivity contribution in [2.75, 3.05) is 39.9 Å². The molecule has 15 rings (SSSR count). The Bertz CT molecular complexity index is 3620. The summed E-state index contributed by atoms with van der Waals surface area (Å²) in [6, 6.07) is 57.8. The minimum absolute atomic E-state index is 0.116. The molecule has 0 spiro atoms. The molecule has 14 heteroatoms. The van der Waals surface area contributed by atoms with Crippen molar-refractivity contribution in [1.29, 1.82) is 0 Å². The SMILES string of the molecule is CSc1cc2c3c(c1)Oc1cc4c(cc1B3c1ccc(-c3ccccc3)cc1O2)B1c2cc3c(cc2N(SC)c2cc(SC)cc(c21)N4SC)Oc1cc(SC)cc2c1B3c1ccc(-c3ccccc3)cc1O2. The molecule has 0 atom stereocenters. The van der Waals surface area contributed by atoms with Crippen molar-refractivity contribution in [2.24, 2.45) is 0 Å². The van der Waals surface area contributed by atoms with Crippen LogP contribution in [0.3, 0.4) is 0 Å². The van der Waals surface area contributed by atoms with Gasteiger partial charge in [0.2, 0.25) is 0 Å². The summed E-state index contributed by atoms with van der Waals surface area (Å²) in [5.74, 6) is 6.87. The van der Waals surface area contributed by atoms with Crippen LogP contribution in [0.4, 0.5) is 22.7 Å². The Labute approximate surface area is 447 Å².